The van der Waals surface area contributed by atoms with Gasteiger partial charge in [0.2, 0.25) is 0 Å². The van der Waals surface area contributed by atoms with Gasteiger partial charge in [0.25, 0.3) is 0 Å². The molecule has 1 rings (SSSR count). The van der Waals surface area contributed by atoms with Crippen molar-refractivity contribution in [1.29, 1.82) is 0 Å². The van der Waals surface area contributed by atoms with Gasteiger partial charge in [-0.15, -0.1) is 0 Å². The van der Waals surface area contributed by atoms with Crippen molar-refractivity contribution in [3.8, 4) is 11.8 Å². The molecule has 1 aromatic carbocycles. The SMILES string of the molecule is CCNC(=O)Nc1cc(C)ccc1C#CCO. The summed E-state index contributed by atoms with van der Waals surface area (Å²) >= 11 is 0. The summed E-state index contributed by atoms with van der Waals surface area (Å²) in [6, 6.07) is 5.31. The number of aliphatic hydroxyl groups excluding tert-OH is 1. The van der Waals surface area contributed by atoms with E-state index in [-0.39, 0.29) is 12.6 Å². The summed E-state index contributed by atoms with van der Waals surface area (Å²) in [6.07, 6.45) is 0. The van der Waals surface area contributed by atoms with Crippen LogP contribution in [0, 0.1) is 18.8 Å². The molecule has 0 radical (unpaired) electrons. The second kappa shape index (κ2) is 6.56. The van der Waals surface area contributed by atoms with E-state index in [0.29, 0.717) is 17.8 Å². The number of carbonyl (C=O) groups is 1. The van der Waals surface area contributed by atoms with Gasteiger partial charge in [0.15, 0.2) is 0 Å². The van der Waals surface area contributed by atoms with Gasteiger partial charge in [-0.3, -0.25) is 0 Å². The molecule has 17 heavy (non-hydrogen) atoms. The molecular weight excluding hydrogens is 216 g/mol. The average Bonchev–Trinajstić information content (AvgIpc) is 2.28. The number of rotatable bonds is 2. The second-order valence-electron chi connectivity index (χ2n) is 3.49. The molecule has 2 amide bonds. The summed E-state index contributed by atoms with van der Waals surface area (Å²) < 4.78 is 0. The molecule has 1 aromatic rings. The van der Waals surface area contributed by atoms with Crippen LogP contribution in [0.2, 0.25) is 0 Å². The molecule has 0 spiro atoms. The van der Waals surface area contributed by atoms with E-state index in [1.54, 1.807) is 0 Å². The summed E-state index contributed by atoms with van der Waals surface area (Å²) in [4.78, 5) is 11.4. The average molecular weight is 232 g/mol. The van der Waals surface area contributed by atoms with E-state index in [9.17, 15) is 4.79 Å². The molecule has 3 N–H and O–H groups in total. The monoisotopic (exact) mass is 232 g/mol. The first kappa shape index (κ1) is 13.1. The molecule has 0 aliphatic carbocycles. The molecule has 0 atom stereocenters. The molecule has 0 fully saturated rings. The van der Waals surface area contributed by atoms with Gasteiger partial charge in [-0.25, -0.2) is 4.79 Å². The Balaban J connectivity index is 2.94. The normalized spacial score (nSPS) is 9.12. The number of amides is 2. The molecule has 0 saturated heterocycles. The van der Waals surface area contributed by atoms with E-state index >= 15 is 0 Å². The Labute approximate surface area is 101 Å². The van der Waals surface area contributed by atoms with Gasteiger partial charge in [0.05, 0.1) is 5.69 Å². The first-order chi connectivity index (χ1) is 8.17. The van der Waals surface area contributed by atoms with E-state index in [4.69, 9.17) is 5.11 Å². The topological polar surface area (TPSA) is 61.4 Å². The summed E-state index contributed by atoms with van der Waals surface area (Å²) in [5, 5.41) is 14.0. The van der Waals surface area contributed by atoms with Gasteiger partial charge >= 0.3 is 6.03 Å². The maximum Gasteiger partial charge on any atom is 0.319 e. The molecule has 90 valence electrons. The molecule has 4 heteroatoms. The number of aryl methyl sites for hydroxylation is 1. The highest BCUT2D eigenvalue weighted by molar-refractivity contribution is 5.90. The fourth-order valence-electron chi connectivity index (χ4n) is 1.33. The molecule has 0 heterocycles. The van der Waals surface area contributed by atoms with Gasteiger partial charge < -0.3 is 15.7 Å². The molecule has 0 unspecified atom stereocenters. The van der Waals surface area contributed by atoms with Crippen LogP contribution < -0.4 is 10.6 Å². The zero-order chi connectivity index (χ0) is 12.7. The number of aliphatic hydroxyl groups is 1. The lowest BCUT2D eigenvalue weighted by Gasteiger charge is -2.08. The second-order valence-corrected chi connectivity index (χ2v) is 3.49. The Kier molecular flexibility index (Phi) is 5.05. The van der Waals surface area contributed by atoms with Crippen LogP contribution in [-0.4, -0.2) is 24.3 Å². The maximum atomic E-state index is 11.4. The number of anilines is 1. The largest absolute Gasteiger partial charge is 0.384 e. The number of hydrogen-bond acceptors (Lipinski definition) is 2. The molecular formula is C13H16N2O2. The molecule has 0 bridgehead atoms. The number of hydrogen-bond donors (Lipinski definition) is 3. The molecule has 0 aliphatic heterocycles. The third-order valence-electron chi connectivity index (χ3n) is 2.06. The van der Waals surface area contributed by atoms with Crippen molar-refractivity contribution in [2.45, 2.75) is 13.8 Å². The van der Waals surface area contributed by atoms with Crippen LogP contribution in [0.5, 0.6) is 0 Å². The van der Waals surface area contributed by atoms with Crippen molar-refractivity contribution in [3.63, 3.8) is 0 Å². The van der Waals surface area contributed by atoms with Gasteiger partial charge in [0.1, 0.15) is 6.61 Å². The number of carbonyl (C=O) groups excluding carboxylic acids is 1. The zero-order valence-corrected chi connectivity index (χ0v) is 10.0. The highest BCUT2D eigenvalue weighted by Crippen LogP contribution is 2.16. The number of urea groups is 1. The summed E-state index contributed by atoms with van der Waals surface area (Å²) in [5.74, 6) is 5.36. The minimum atomic E-state index is -0.259. The summed E-state index contributed by atoms with van der Waals surface area (Å²) in [7, 11) is 0. The summed E-state index contributed by atoms with van der Waals surface area (Å²) in [6.45, 7) is 4.15. The predicted octanol–water partition coefficient (Wildman–Crippen LogP) is 1.48. The van der Waals surface area contributed by atoms with Crippen molar-refractivity contribution < 1.29 is 9.90 Å². The highest BCUT2D eigenvalue weighted by atomic mass is 16.2. The van der Waals surface area contributed by atoms with E-state index < -0.39 is 0 Å². The maximum absolute atomic E-state index is 11.4. The molecule has 0 aliphatic rings. The first-order valence-electron chi connectivity index (χ1n) is 5.42. The smallest absolute Gasteiger partial charge is 0.319 e. The minimum absolute atomic E-state index is 0.200. The Bertz CT molecular complexity index is 458. The van der Waals surface area contributed by atoms with E-state index in [2.05, 4.69) is 22.5 Å². The third-order valence-corrected chi connectivity index (χ3v) is 2.06. The van der Waals surface area contributed by atoms with Crippen LogP contribution in [-0.2, 0) is 0 Å². The Morgan fingerprint density at radius 3 is 2.88 bits per heavy atom. The van der Waals surface area contributed by atoms with E-state index in [1.165, 1.54) is 0 Å². The molecule has 0 aromatic heterocycles. The van der Waals surface area contributed by atoms with E-state index in [1.807, 2.05) is 32.0 Å². The molecule has 4 nitrogen and oxygen atoms in total. The Morgan fingerprint density at radius 2 is 2.24 bits per heavy atom. The van der Waals surface area contributed by atoms with Crippen LogP contribution in [0.4, 0.5) is 10.5 Å². The Morgan fingerprint density at radius 1 is 1.47 bits per heavy atom. The lowest BCUT2D eigenvalue weighted by Crippen LogP contribution is -2.28. The van der Waals surface area contributed by atoms with Crippen molar-refractivity contribution in [2.24, 2.45) is 0 Å². The highest BCUT2D eigenvalue weighted by Gasteiger charge is 2.04. The van der Waals surface area contributed by atoms with Crippen LogP contribution in [0.15, 0.2) is 18.2 Å². The first-order valence-corrected chi connectivity index (χ1v) is 5.42. The fraction of sp³-hybridized carbons (Fsp3) is 0.308. The van der Waals surface area contributed by atoms with Crippen LogP contribution in [0.25, 0.3) is 0 Å². The standard InChI is InChI=1S/C13H16N2O2/c1-3-14-13(17)15-12-9-10(2)6-7-11(12)5-4-8-16/h6-7,9,16H,3,8H2,1-2H3,(H2,14,15,17). The van der Waals surface area contributed by atoms with Crippen molar-refractivity contribution in [2.75, 3.05) is 18.5 Å². The van der Waals surface area contributed by atoms with Gasteiger partial charge in [-0.2, -0.15) is 0 Å². The molecule has 0 saturated carbocycles. The zero-order valence-electron chi connectivity index (χ0n) is 10.0. The summed E-state index contributed by atoms with van der Waals surface area (Å²) in [5.41, 5.74) is 2.37. The number of nitrogens with one attached hydrogen (secondary N) is 2. The lowest BCUT2D eigenvalue weighted by atomic mass is 10.1. The van der Waals surface area contributed by atoms with Crippen molar-refractivity contribution >= 4 is 11.7 Å². The quantitative estimate of drug-likeness (QED) is 0.676. The van der Waals surface area contributed by atoms with Gasteiger partial charge in [-0.1, -0.05) is 17.9 Å². The van der Waals surface area contributed by atoms with Gasteiger partial charge in [-0.05, 0) is 31.5 Å². The van der Waals surface area contributed by atoms with Crippen LogP contribution in [0.1, 0.15) is 18.1 Å². The Hall–Kier alpha value is -1.99. The number of benzene rings is 1. The van der Waals surface area contributed by atoms with Crippen LogP contribution >= 0.6 is 0 Å². The van der Waals surface area contributed by atoms with Crippen molar-refractivity contribution in [1.82, 2.24) is 5.32 Å². The van der Waals surface area contributed by atoms with E-state index in [0.717, 1.165) is 5.56 Å². The third kappa shape index (κ3) is 4.17. The lowest BCUT2D eigenvalue weighted by molar-refractivity contribution is 0.252. The predicted molar refractivity (Wildman–Crippen MR) is 67.8 cm³/mol. The van der Waals surface area contributed by atoms with Crippen molar-refractivity contribution in [3.05, 3.63) is 29.3 Å². The fourth-order valence-corrected chi connectivity index (χ4v) is 1.33. The van der Waals surface area contributed by atoms with Gasteiger partial charge in [0, 0.05) is 12.1 Å². The van der Waals surface area contributed by atoms with Crippen LogP contribution in [0.3, 0.4) is 0 Å². The minimum Gasteiger partial charge on any atom is -0.384 e.